The Labute approximate surface area is 384 Å². The zero-order chi connectivity index (χ0) is 47.5. The molecule has 1 aliphatic carbocycles. The van der Waals surface area contributed by atoms with E-state index < -0.39 is 52.0 Å². The lowest BCUT2D eigenvalue weighted by Gasteiger charge is -2.25. The number of ether oxygens (including phenoxy) is 9. The first kappa shape index (κ1) is 54.0. The predicted octanol–water partition coefficient (Wildman–Crippen LogP) is 10.7. The Morgan fingerprint density at radius 3 is 1.45 bits per heavy atom. The van der Waals surface area contributed by atoms with E-state index >= 15 is 26.3 Å². The molecule has 65 heavy (non-hydrogen) atoms. The number of methoxy groups -OCH3 is 2. The Kier molecular flexibility index (Phi) is 22.2. The monoisotopic (exact) mass is 966 g/mol. The molecule has 4 rings (SSSR count). The highest BCUT2D eigenvalue weighted by Gasteiger charge is 2.80. The molecule has 0 radical (unpaired) electrons. The van der Waals surface area contributed by atoms with Crippen molar-refractivity contribution in [1.29, 1.82) is 0 Å². The van der Waals surface area contributed by atoms with Gasteiger partial charge in [-0.15, -0.1) is 22.7 Å². The van der Waals surface area contributed by atoms with E-state index in [0.29, 0.717) is 32.8 Å². The van der Waals surface area contributed by atoms with Crippen LogP contribution in [0, 0.1) is 13.8 Å². The summed E-state index contributed by atoms with van der Waals surface area (Å²) in [6.07, 6.45) is 7.02. The topological polar surface area (TPSA) is 117 Å². The Bertz CT molecular complexity index is 1930. The summed E-state index contributed by atoms with van der Waals surface area (Å²) in [5, 5.41) is 0.146. The summed E-state index contributed by atoms with van der Waals surface area (Å²) in [6, 6.07) is 6.05. The summed E-state index contributed by atoms with van der Waals surface area (Å²) in [7, 11) is 3.09. The van der Waals surface area contributed by atoms with Crippen LogP contribution in [0.2, 0.25) is 0 Å². The second-order valence-electron chi connectivity index (χ2n) is 15.1. The maximum atomic E-state index is 16.0. The number of benzene rings is 1. The lowest BCUT2D eigenvalue weighted by atomic mass is 9.94. The van der Waals surface area contributed by atoms with Gasteiger partial charge in [0.15, 0.2) is 5.06 Å². The van der Waals surface area contributed by atoms with Crippen LogP contribution < -0.4 is 4.74 Å². The Hall–Kier alpha value is -3.56. The number of esters is 2. The largest absolute Gasteiger partial charge is 0.484 e. The van der Waals surface area contributed by atoms with Gasteiger partial charge in [0.1, 0.15) is 13.2 Å². The Morgan fingerprint density at radius 2 is 0.954 bits per heavy atom. The first-order valence-electron chi connectivity index (χ1n) is 21.6. The van der Waals surface area contributed by atoms with Crippen LogP contribution in [0.1, 0.15) is 93.5 Å². The molecule has 3 aromatic rings. The van der Waals surface area contributed by atoms with Gasteiger partial charge in [-0.25, -0.2) is 9.59 Å². The number of rotatable bonds is 32. The van der Waals surface area contributed by atoms with E-state index in [4.69, 9.17) is 42.6 Å². The first-order chi connectivity index (χ1) is 31.1. The molecule has 0 unspecified atom stereocenters. The van der Waals surface area contributed by atoms with Crippen LogP contribution in [0.4, 0.5) is 26.3 Å². The van der Waals surface area contributed by atoms with E-state index in [0.717, 1.165) is 73.3 Å². The van der Waals surface area contributed by atoms with Crippen LogP contribution >= 0.6 is 22.7 Å². The number of alkyl halides is 6. The smallest absolute Gasteiger partial charge is 0.380 e. The van der Waals surface area contributed by atoms with Gasteiger partial charge in [0, 0.05) is 45.6 Å². The summed E-state index contributed by atoms with van der Waals surface area (Å²) in [6.45, 7) is 7.34. The summed E-state index contributed by atoms with van der Waals surface area (Å²) in [5.41, 5.74) is -4.19. The number of thiophene rings is 2. The molecule has 364 valence electrons. The molecule has 0 amide bonds. The van der Waals surface area contributed by atoms with Crippen LogP contribution in [0.25, 0.3) is 21.6 Å². The van der Waals surface area contributed by atoms with E-state index in [2.05, 4.69) is 6.92 Å². The van der Waals surface area contributed by atoms with Crippen molar-refractivity contribution in [3.8, 4) is 15.5 Å². The molecule has 11 nitrogen and oxygen atoms in total. The van der Waals surface area contributed by atoms with Crippen molar-refractivity contribution in [2.45, 2.75) is 83.5 Å². The minimum absolute atomic E-state index is 0.00720. The van der Waals surface area contributed by atoms with Crippen molar-refractivity contribution in [3.63, 3.8) is 0 Å². The van der Waals surface area contributed by atoms with Crippen LogP contribution in [-0.2, 0) is 37.9 Å². The molecule has 0 saturated carbocycles. The van der Waals surface area contributed by atoms with Crippen molar-refractivity contribution < 1.29 is 78.6 Å². The van der Waals surface area contributed by atoms with Gasteiger partial charge in [-0.1, -0.05) is 45.4 Å². The van der Waals surface area contributed by atoms with Gasteiger partial charge >= 0.3 is 29.7 Å². The third-order valence-corrected chi connectivity index (χ3v) is 12.3. The van der Waals surface area contributed by atoms with Crippen molar-refractivity contribution in [2.75, 3.05) is 100 Å². The van der Waals surface area contributed by atoms with Gasteiger partial charge in [-0.2, -0.15) is 26.3 Å². The Balaban J connectivity index is 1.63. The standard InChI is InChI=1S/C46H60F6O11S2/c1-6-7-8-9-10-11-12-13-61-39-30-37(32(3)65-39)41-40(44(47,48)46(51,52)45(41,49)50)36-29-38(64-31(36)2)33-26-34(42(53)62-24-22-59-20-18-57-16-14-55-4)28-35(27-33)43(54)63-25-23-60-21-19-58-17-15-56-5/h26-30H,6-25H2,1-5H3. The van der Waals surface area contributed by atoms with E-state index in [9.17, 15) is 9.59 Å². The molecule has 0 atom stereocenters. The lowest BCUT2D eigenvalue weighted by Crippen LogP contribution is -2.48. The number of allylic oxidation sites excluding steroid dienone is 2. The number of hydrogen-bond acceptors (Lipinski definition) is 13. The van der Waals surface area contributed by atoms with Gasteiger partial charge in [0.2, 0.25) is 0 Å². The molecular weight excluding hydrogens is 907 g/mol. The third kappa shape index (κ3) is 14.7. The van der Waals surface area contributed by atoms with Gasteiger partial charge in [0.25, 0.3) is 0 Å². The lowest BCUT2D eigenvalue weighted by molar-refractivity contribution is -0.254. The van der Waals surface area contributed by atoms with E-state index in [1.54, 1.807) is 14.2 Å². The van der Waals surface area contributed by atoms with Crippen LogP contribution in [0.5, 0.6) is 5.06 Å². The van der Waals surface area contributed by atoms with Crippen molar-refractivity contribution in [2.24, 2.45) is 0 Å². The van der Waals surface area contributed by atoms with Crippen molar-refractivity contribution >= 4 is 45.8 Å². The zero-order valence-electron chi connectivity index (χ0n) is 37.6. The predicted molar refractivity (Wildman–Crippen MR) is 236 cm³/mol. The fourth-order valence-electron chi connectivity index (χ4n) is 6.80. The second kappa shape index (κ2) is 26.7. The van der Waals surface area contributed by atoms with E-state index in [1.807, 2.05) is 0 Å². The fourth-order valence-corrected chi connectivity index (χ4v) is 8.70. The van der Waals surface area contributed by atoms with Crippen molar-refractivity contribution in [3.05, 3.63) is 62.3 Å². The second-order valence-corrected chi connectivity index (χ2v) is 17.5. The van der Waals surface area contributed by atoms with E-state index in [-0.39, 0.29) is 95.8 Å². The molecule has 0 N–H and O–H groups in total. The molecule has 0 aliphatic heterocycles. The summed E-state index contributed by atoms with van der Waals surface area (Å²) < 4.78 is 143. The van der Waals surface area contributed by atoms with Crippen molar-refractivity contribution in [1.82, 2.24) is 0 Å². The minimum atomic E-state index is -5.78. The number of halogens is 6. The maximum Gasteiger partial charge on any atom is 0.380 e. The highest BCUT2D eigenvalue weighted by atomic mass is 32.1. The molecule has 19 heteroatoms. The molecule has 1 aromatic carbocycles. The van der Waals surface area contributed by atoms with Gasteiger partial charge in [-0.05, 0) is 61.7 Å². The molecule has 0 spiro atoms. The average Bonchev–Trinajstić information content (AvgIpc) is 3.87. The van der Waals surface area contributed by atoms with E-state index in [1.165, 1.54) is 32.0 Å². The molecule has 0 saturated heterocycles. The maximum absolute atomic E-state index is 16.0. The third-order valence-electron chi connectivity index (χ3n) is 10.2. The quantitative estimate of drug-likeness (QED) is 0.0338. The van der Waals surface area contributed by atoms with Gasteiger partial charge in [-0.3, -0.25) is 0 Å². The molecule has 2 heterocycles. The number of unbranched alkanes of at least 4 members (excludes halogenated alkanes) is 6. The van der Waals surface area contributed by atoms with Gasteiger partial charge < -0.3 is 42.6 Å². The molecule has 1 aliphatic rings. The highest BCUT2D eigenvalue weighted by molar-refractivity contribution is 7.15. The number of aryl methyl sites for hydroxylation is 2. The Morgan fingerprint density at radius 1 is 0.523 bits per heavy atom. The average molecular weight is 967 g/mol. The molecule has 2 aromatic heterocycles. The van der Waals surface area contributed by atoms with Crippen LogP contribution in [0.15, 0.2) is 30.3 Å². The SMILES string of the molecule is CCCCCCCCCOc1cc(C2=C(c3cc(-c4cc(C(=O)OCCOCCOCCOC)cc(C(=O)OCCOCCOCCOC)c4)sc3C)C(F)(F)C(F)(F)C2(F)F)c(C)s1. The first-order valence-corrected chi connectivity index (χ1v) is 23.3. The highest BCUT2D eigenvalue weighted by Crippen LogP contribution is 2.66. The molecule has 0 fully saturated rings. The summed E-state index contributed by atoms with van der Waals surface area (Å²) in [4.78, 5) is 26.9. The number of carbonyl (C=O) groups is 2. The summed E-state index contributed by atoms with van der Waals surface area (Å²) in [5.74, 6) is -18.1. The van der Waals surface area contributed by atoms with Crippen LogP contribution in [-0.4, -0.2) is 130 Å². The molecule has 0 bridgehead atoms. The van der Waals surface area contributed by atoms with Crippen LogP contribution in [0.3, 0.4) is 0 Å². The minimum Gasteiger partial charge on any atom is -0.484 e. The number of carbonyl (C=O) groups excluding carboxylic acids is 2. The summed E-state index contributed by atoms with van der Waals surface area (Å²) >= 11 is 1.74. The fraction of sp³-hybridized carbons (Fsp3) is 0.609. The molecular formula is C46H60F6O11S2. The van der Waals surface area contributed by atoms with Gasteiger partial charge in [0.05, 0.1) is 83.8 Å². The normalized spacial score (nSPS) is 15.2. The number of hydrogen-bond donors (Lipinski definition) is 0. The zero-order valence-corrected chi connectivity index (χ0v) is 39.2.